The van der Waals surface area contributed by atoms with E-state index in [1.165, 1.54) is 0 Å². The Morgan fingerprint density at radius 1 is 1.44 bits per heavy atom. The second kappa shape index (κ2) is 10.2. The summed E-state index contributed by atoms with van der Waals surface area (Å²) in [6, 6.07) is 7.76. The molecule has 1 heterocycles. The minimum absolute atomic E-state index is 0.119. The average molecular weight is 349 g/mol. The highest BCUT2D eigenvalue weighted by atomic mass is 16.5. The van der Waals surface area contributed by atoms with E-state index in [0.717, 1.165) is 30.6 Å². The van der Waals surface area contributed by atoms with Crippen LogP contribution in [0, 0.1) is 12.8 Å². The lowest BCUT2D eigenvalue weighted by Crippen LogP contribution is -2.34. The van der Waals surface area contributed by atoms with Crippen LogP contribution in [0.3, 0.4) is 0 Å². The number of benzene rings is 1. The third-order valence-corrected chi connectivity index (χ3v) is 4.26. The molecule has 0 spiro atoms. The number of nitrogens with one attached hydrogen (secondary N) is 1. The molecule has 25 heavy (non-hydrogen) atoms. The van der Waals surface area contributed by atoms with Crippen molar-refractivity contribution in [3.8, 4) is 0 Å². The van der Waals surface area contributed by atoms with Crippen LogP contribution in [0.15, 0.2) is 24.3 Å². The molecule has 1 fully saturated rings. The fourth-order valence-electron chi connectivity index (χ4n) is 2.85. The van der Waals surface area contributed by atoms with E-state index in [-0.39, 0.29) is 25.0 Å². The molecule has 0 aliphatic carbocycles. The highest BCUT2D eigenvalue weighted by Crippen LogP contribution is 2.12. The molecule has 0 radical (unpaired) electrons. The van der Waals surface area contributed by atoms with Gasteiger partial charge in [0.05, 0.1) is 25.2 Å². The minimum Gasteiger partial charge on any atom is -0.481 e. The number of ether oxygens (including phenoxy) is 2. The highest BCUT2D eigenvalue weighted by molar-refractivity contribution is 5.77. The van der Waals surface area contributed by atoms with Gasteiger partial charge in [-0.25, -0.2) is 0 Å². The zero-order valence-corrected chi connectivity index (χ0v) is 14.7. The maximum absolute atomic E-state index is 11.9. The lowest BCUT2D eigenvalue weighted by atomic mass is 9.98. The van der Waals surface area contributed by atoms with Crippen molar-refractivity contribution < 1.29 is 24.2 Å². The largest absolute Gasteiger partial charge is 0.481 e. The van der Waals surface area contributed by atoms with Crippen LogP contribution in [0.2, 0.25) is 0 Å². The number of hydrogen-bond acceptors (Lipinski definition) is 4. The summed E-state index contributed by atoms with van der Waals surface area (Å²) in [6.45, 7) is 3.71. The quantitative estimate of drug-likeness (QED) is 0.631. The molecular weight excluding hydrogens is 322 g/mol. The molecule has 1 aliphatic rings. The summed E-state index contributed by atoms with van der Waals surface area (Å²) >= 11 is 0. The number of aliphatic carboxylic acids is 1. The van der Waals surface area contributed by atoms with Crippen molar-refractivity contribution in [3.63, 3.8) is 0 Å². The summed E-state index contributed by atoms with van der Waals surface area (Å²) in [6.07, 6.45) is 2.84. The summed E-state index contributed by atoms with van der Waals surface area (Å²) in [4.78, 5) is 23.3. The zero-order valence-electron chi connectivity index (χ0n) is 14.7. The fraction of sp³-hybridized carbons (Fsp3) is 0.579. The van der Waals surface area contributed by atoms with Gasteiger partial charge in [-0.2, -0.15) is 0 Å². The van der Waals surface area contributed by atoms with Crippen molar-refractivity contribution in [2.45, 2.75) is 38.7 Å². The summed E-state index contributed by atoms with van der Waals surface area (Å²) < 4.78 is 10.9. The van der Waals surface area contributed by atoms with Crippen LogP contribution < -0.4 is 5.32 Å². The van der Waals surface area contributed by atoms with Gasteiger partial charge in [-0.1, -0.05) is 29.8 Å². The normalized spacial score (nSPS) is 18.0. The lowest BCUT2D eigenvalue weighted by molar-refractivity contribution is -0.141. The Bertz CT molecular complexity index is 569. The predicted octanol–water partition coefficient (Wildman–Crippen LogP) is 1.94. The molecule has 6 heteroatoms. The van der Waals surface area contributed by atoms with Crippen LogP contribution >= 0.6 is 0 Å². The zero-order chi connectivity index (χ0) is 18.1. The third kappa shape index (κ3) is 7.23. The van der Waals surface area contributed by atoms with Crippen LogP contribution in [-0.4, -0.2) is 49.5 Å². The molecule has 1 amide bonds. The Morgan fingerprint density at radius 2 is 2.28 bits per heavy atom. The van der Waals surface area contributed by atoms with E-state index >= 15 is 0 Å². The average Bonchev–Trinajstić information content (AvgIpc) is 3.08. The number of carbonyl (C=O) groups is 2. The Labute approximate surface area is 148 Å². The molecule has 0 bridgehead atoms. The van der Waals surface area contributed by atoms with Gasteiger partial charge in [0.25, 0.3) is 0 Å². The van der Waals surface area contributed by atoms with Crippen molar-refractivity contribution in [2.75, 3.05) is 26.4 Å². The number of carboxylic acids is 1. The first-order valence-corrected chi connectivity index (χ1v) is 8.79. The second-order valence-electron chi connectivity index (χ2n) is 6.49. The second-order valence-corrected chi connectivity index (χ2v) is 6.49. The molecule has 1 aliphatic heterocycles. The summed E-state index contributed by atoms with van der Waals surface area (Å²) in [5, 5.41) is 12.1. The van der Waals surface area contributed by atoms with E-state index in [0.29, 0.717) is 19.6 Å². The van der Waals surface area contributed by atoms with Crippen molar-refractivity contribution >= 4 is 11.9 Å². The van der Waals surface area contributed by atoms with Crippen molar-refractivity contribution in [2.24, 2.45) is 5.92 Å². The molecular formula is C19H27NO5. The van der Waals surface area contributed by atoms with E-state index in [4.69, 9.17) is 9.47 Å². The number of carbonyl (C=O) groups excluding carboxylic acids is 1. The Morgan fingerprint density at radius 3 is 2.96 bits per heavy atom. The summed E-state index contributed by atoms with van der Waals surface area (Å²) in [5.41, 5.74) is 2.05. The Kier molecular flexibility index (Phi) is 7.88. The SMILES string of the molecule is Cc1cccc(CC(CNC(=O)CCOCC2CCCO2)C(=O)O)c1. The molecule has 0 saturated carbocycles. The third-order valence-electron chi connectivity index (χ3n) is 4.26. The first kappa shape index (κ1) is 19.4. The summed E-state index contributed by atoms with van der Waals surface area (Å²) in [7, 11) is 0. The van der Waals surface area contributed by atoms with E-state index < -0.39 is 11.9 Å². The number of rotatable bonds is 10. The van der Waals surface area contributed by atoms with Crippen LogP contribution in [0.4, 0.5) is 0 Å². The van der Waals surface area contributed by atoms with E-state index in [2.05, 4.69) is 5.32 Å². The standard InChI is InChI=1S/C19H27NO5/c1-14-4-2-5-15(10-14)11-16(19(22)23)12-20-18(21)7-9-24-13-17-6-3-8-25-17/h2,4-5,10,16-17H,3,6-9,11-13H2,1H3,(H,20,21)(H,22,23). The van der Waals surface area contributed by atoms with Gasteiger partial charge >= 0.3 is 5.97 Å². The van der Waals surface area contributed by atoms with E-state index in [1.54, 1.807) is 0 Å². The van der Waals surface area contributed by atoms with E-state index in [9.17, 15) is 14.7 Å². The van der Waals surface area contributed by atoms with Gasteiger partial charge in [0.2, 0.25) is 5.91 Å². The fourth-order valence-corrected chi connectivity index (χ4v) is 2.85. The number of aryl methyl sites for hydroxylation is 1. The topological polar surface area (TPSA) is 84.9 Å². The van der Waals surface area contributed by atoms with E-state index in [1.807, 2.05) is 31.2 Å². The van der Waals surface area contributed by atoms with Crippen LogP contribution in [0.25, 0.3) is 0 Å². The van der Waals surface area contributed by atoms with Gasteiger partial charge in [0, 0.05) is 19.6 Å². The minimum atomic E-state index is -0.906. The summed E-state index contributed by atoms with van der Waals surface area (Å²) in [5.74, 6) is -1.74. The molecule has 138 valence electrons. The molecule has 1 saturated heterocycles. The Hall–Kier alpha value is -1.92. The monoisotopic (exact) mass is 349 g/mol. The molecule has 2 rings (SSSR count). The molecule has 1 aromatic rings. The molecule has 2 N–H and O–H groups in total. The predicted molar refractivity (Wildman–Crippen MR) is 93.4 cm³/mol. The molecule has 6 nitrogen and oxygen atoms in total. The number of hydrogen-bond donors (Lipinski definition) is 2. The van der Waals surface area contributed by atoms with Gasteiger partial charge < -0.3 is 19.9 Å². The van der Waals surface area contributed by atoms with Crippen LogP contribution in [-0.2, 0) is 25.5 Å². The van der Waals surface area contributed by atoms with Gasteiger partial charge in [-0.05, 0) is 31.7 Å². The van der Waals surface area contributed by atoms with Crippen molar-refractivity contribution in [1.82, 2.24) is 5.32 Å². The first-order valence-electron chi connectivity index (χ1n) is 8.79. The first-order chi connectivity index (χ1) is 12.0. The van der Waals surface area contributed by atoms with Gasteiger partial charge in [0.1, 0.15) is 0 Å². The van der Waals surface area contributed by atoms with Gasteiger partial charge in [-0.3, -0.25) is 9.59 Å². The maximum atomic E-state index is 11.9. The van der Waals surface area contributed by atoms with Gasteiger partial charge in [-0.15, -0.1) is 0 Å². The van der Waals surface area contributed by atoms with Gasteiger partial charge in [0.15, 0.2) is 0 Å². The van der Waals surface area contributed by atoms with Crippen molar-refractivity contribution in [1.29, 1.82) is 0 Å². The number of amides is 1. The van der Waals surface area contributed by atoms with Crippen LogP contribution in [0.1, 0.15) is 30.4 Å². The molecule has 0 aromatic heterocycles. The Balaban J connectivity index is 1.67. The number of carboxylic acid groups (broad SMARTS) is 1. The highest BCUT2D eigenvalue weighted by Gasteiger charge is 2.19. The molecule has 2 unspecified atom stereocenters. The van der Waals surface area contributed by atoms with Crippen LogP contribution in [0.5, 0.6) is 0 Å². The lowest BCUT2D eigenvalue weighted by Gasteiger charge is -2.14. The maximum Gasteiger partial charge on any atom is 0.308 e. The smallest absolute Gasteiger partial charge is 0.308 e. The molecule has 1 aromatic carbocycles. The van der Waals surface area contributed by atoms with Crippen molar-refractivity contribution in [3.05, 3.63) is 35.4 Å². The molecule has 2 atom stereocenters.